The highest BCUT2D eigenvalue weighted by molar-refractivity contribution is 6.30. The van der Waals surface area contributed by atoms with E-state index in [0.29, 0.717) is 17.0 Å². The molecule has 0 aliphatic rings. The second-order valence-corrected chi connectivity index (χ2v) is 5.51. The van der Waals surface area contributed by atoms with Crippen LogP contribution >= 0.6 is 11.6 Å². The van der Waals surface area contributed by atoms with Crippen LogP contribution in [0.2, 0.25) is 5.02 Å². The molecule has 0 aromatic heterocycles. The Balaban J connectivity index is 1.80. The molecule has 106 valence electrons. The summed E-state index contributed by atoms with van der Waals surface area (Å²) in [7, 11) is 0. The molecular formula is C17H19ClFN. The Morgan fingerprint density at radius 2 is 1.85 bits per heavy atom. The Morgan fingerprint density at radius 1 is 1.10 bits per heavy atom. The molecule has 1 nitrogen and oxygen atoms in total. The topological polar surface area (TPSA) is 26.0 Å². The van der Waals surface area contributed by atoms with E-state index in [1.54, 1.807) is 12.1 Å². The van der Waals surface area contributed by atoms with Gasteiger partial charge in [-0.2, -0.15) is 0 Å². The maximum absolute atomic E-state index is 13.6. The Morgan fingerprint density at radius 3 is 2.60 bits per heavy atom. The van der Waals surface area contributed by atoms with Crippen molar-refractivity contribution in [2.45, 2.75) is 31.7 Å². The minimum Gasteiger partial charge on any atom is -0.327 e. The van der Waals surface area contributed by atoms with Crippen LogP contribution in [0.1, 0.15) is 24.0 Å². The van der Waals surface area contributed by atoms with E-state index in [1.165, 1.54) is 11.6 Å². The summed E-state index contributed by atoms with van der Waals surface area (Å²) in [6, 6.07) is 14.9. The van der Waals surface area contributed by atoms with E-state index in [9.17, 15) is 4.39 Å². The molecule has 0 spiro atoms. The van der Waals surface area contributed by atoms with Crippen LogP contribution in [0.3, 0.4) is 0 Å². The molecular weight excluding hydrogens is 273 g/mol. The van der Waals surface area contributed by atoms with E-state index in [2.05, 4.69) is 12.1 Å². The van der Waals surface area contributed by atoms with Crippen molar-refractivity contribution < 1.29 is 4.39 Å². The fraction of sp³-hybridized carbons (Fsp3) is 0.294. The highest BCUT2D eigenvalue weighted by atomic mass is 35.5. The normalized spacial score (nSPS) is 12.3. The van der Waals surface area contributed by atoms with Gasteiger partial charge >= 0.3 is 0 Å². The van der Waals surface area contributed by atoms with E-state index in [0.717, 1.165) is 19.3 Å². The van der Waals surface area contributed by atoms with Crippen molar-refractivity contribution in [1.82, 2.24) is 0 Å². The summed E-state index contributed by atoms with van der Waals surface area (Å²) in [5.74, 6) is -0.229. The largest absolute Gasteiger partial charge is 0.327 e. The number of aryl methyl sites for hydroxylation is 1. The molecule has 0 fully saturated rings. The highest BCUT2D eigenvalue weighted by Crippen LogP contribution is 2.17. The van der Waals surface area contributed by atoms with Crippen molar-refractivity contribution in [3.63, 3.8) is 0 Å². The third kappa shape index (κ3) is 4.62. The van der Waals surface area contributed by atoms with Crippen LogP contribution in [0.5, 0.6) is 0 Å². The van der Waals surface area contributed by atoms with Crippen LogP contribution in [-0.2, 0) is 12.8 Å². The molecule has 0 saturated heterocycles. The van der Waals surface area contributed by atoms with Gasteiger partial charge in [0, 0.05) is 11.1 Å². The van der Waals surface area contributed by atoms with Gasteiger partial charge in [-0.05, 0) is 55.0 Å². The van der Waals surface area contributed by atoms with Gasteiger partial charge in [-0.15, -0.1) is 0 Å². The van der Waals surface area contributed by atoms with Gasteiger partial charge in [-0.3, -0.25) is 0 Å². The first-order chi connectivity index (χ1) is 9.65. The molecule has 0 aliphatic carbocycles. The van der Waals surface area contributed by atoms with Crippen molar-refractivity contribution in [1.29, 1.82) is 0 Å². The van der Waals surface area contributed by atoms with Crippen molar-refractivity contribution in [2.24, 2.45) is 5.73 Å². The summed E-state index contributed by atoms with van der Waals surface area (Å²) in [6.07, 6.45) is 3.42. The number of nitrogens with two attached hydrogens (primary N) is 1. The zero-order valence-corrected chi connectivity index (χ0v) is 12.1. The number of hydrogen-bond acceptors (Lipinski definition) is 1. The van der Waals surface area contributed by atoms with Crippen molar-refractivity contribution >= 4 is 11.6 Å². The first kappa shape index (κ1) is 15.0. The lowest BCUT2D eigenvalue weighted by Gasteiger charge is -2.12. The van der Waals surface area contributed by atoms with Crippen molar-refractivity contribution in [2.75, 3.05) is 0 Å². The van der Waals surface area contributed by atoms with Gasteiger partial charge in [0.15, 0.2) is 0 Å². The third-order valence-corrected chi connectivity index (χ3v) is 3.61. The number of benzene rings is 2. The zero-order chi connectivity index (χ0) is 14.4. The molecule has 0 aliphatic heterocycles. The predicted octanol–water partition coefficient (Wildman–Crippen LogP) is 4.37. The summed E-state index contributed by atoms with van der Waals surface area (Å²) < 4.78 is 13.6. The molecule has 1 atom stereocenters. The minimum absolute atomic E-state index is 0.0355. The number of rotatable bonds is 6. The molecule has 0 bridgehead atoms. The molecule has 0 heterocycles. The van der Waals surface area contributed by atoms with Gasteiger partial charge in [0.2, 0.25) is 0 Å². The van der Waals surface area contributed by atoms with E-state index >= 15 is 0 Å². The summed E-state index contributed by atoms with van der Waals surface area (Å²) >= 11 is 5.88. The minimum atomic E-state index is -0.229. The summed E-state index contributed by atoms with van der Waals surface area (Å²) in [4.78, 5) is 0. The molecule has 3 heteroatoms. The van der Waals surface area contributed by atoms with E-state index in [1.807, 2.05) is 18.2 Å². The molecule has 2 N–H and O–H groups in total. The van der Waals surface area contributed by atoms with Crippen LogP contribution < -0.4 is 5.73 Å². The first-order valence-electron chi connectivity index (χ1n) is 6.88. The van der Waals surface area contributed by atoms with Gasteiger partial charge in [-0.25, -0.2) is 4.39 Å². The van der Waals surface area contributed by atoms with Gasteiger partial charge in [-0.1, -0.05) is 41.9 Å². The van der Waals surface area contributed by atoms with Gasteiger partial charge in [0.1, 0.15) is 5.82 Å². The number of halogens is 2. The maximum Gasteiger partial charge on any atom is 0.126 e. The SMILES string of the molecule is NC(CCCc1ccccc1)Cc1cc(Cl)ccc1F. The average Bonchev–Trinajstić information content (AvgIpc) is 2.44. The zero-order valence-electron chi connectivity index (χ0n) is 11.4. The molecule has 2 aromatic carbocycles. The summed E-state index contributed by atoms with van der Waals surface area (Å²) in [5.41, 5.74) is 7.99. The Hall–Kier alpha value is -1.38. The second kappa shape index (κ2) is 7.41. The molecule has 0 amide bonds. The lowest BCUT2D eigenvalue weighted by atomic mass is 9.99. The van der Waals surface area contributed by atoms with Crippen molar-refractivity contribution in [3.05, 3.63) is 70.5 Å². The van der Waals surface area contributed by atoms with E-state index < -0.39 is 0 Å². The molecule has 20 heavy (non-hydrogen) atoms. The quantitative estimate of drug-likeness (QED) is 0.840. The van der Waals surface area contributed by atoms with Crippen LogP contribution in [0.25, 0.3) is 0 Å². The van der Waals surface area contributed by atoms with Crippen molar-refractivity contribution in [3.8, 4) is 0 Å². The fourth-order valence-electron chi connectivity index (χ4n) is 2.30. The molecule has 0 radical (unpaired) electrons. The first-order valence-corrected chi connectivity index (χ1v) is 7.26. The van der Waals surface area contributed by atoms with Crippen LogP contribution in [0.4, 0.5) is 4.39 Å². The van der Waals surface area contributed by atoms with E-state index in [-0.39, 0.29) is 11.9 Å². The average molecular weight is 292 g/mol. The Kier molecular flexibility index (Phi) is 5.57. The second-order valence-electron chi connectivity index (χ2n) is 5.08. The molecule has 0 saturated carbocycles. The summed E-state index contributed by atoms with van der Waals surface area (Å²) in [6.45, 7) is 0. The lowest BCUT2D eigenvalue weighted by molar-refractivity contribution is 0.551. The third-order valence-electron chi connectivity index (χ3n) is 3.37. The van der Waals surface area contributed by atoms with E-state index in [4.69, 9.17) is 17.3 Å². The predicted molar refractivity (Wildman–Crippen MR) is 82.5 cm³/mol. The Bertz CT molecular complexity index is 542. The van der Waals surface area contributed by atoms with Crippen LogP contribution in [0.15, 0.2) is 48.5 Å². The molecule has 1 unspecified atom stereocenters. The Labute approximate surface area is 124 Å². The van der Waals surface area contributed by atoms with Gasteiger partial charge in [0.05, 0.1) is 0 Å². The van der Waals surface area contributed by atoms with Crippen LogP contribution in [0, 0.1) is 5.82 Å². The lowest BCUT2D eigenvalue weighted by Crippen LogP contribution is -2.23. The number of hydrogen-bond donors (Lipinski definition) is 1. The van der Waals surface area contributed by atoms with Crippen LogP contribution in [-0.4, -0.2) is 6.04 Å². The van der Waals surface area contributed by atoms with Gasteiger partial charge < -0.3 is 5.73 Å². The fourth-order valence-corrected chi connectivity index (χ4v) is 2.49. The van der Waals surface area contributed by atoms with Gasteiger partial charge in [0.25, 0.3) is 0 Å². The maximum atomic E-state index is 13.6. The molecule has 2 aromatic rings. The molecule has 2 rings (SSSR count). The summed E-state index contributed by atoms with van der Waals surface area (Å²) in [5, 5.41) is 0.554. The monoisotopic (exact) mass is 291 g/mol. The highest BCUT2D eigenvalue weighted by Gasteiger charge is 2.09. The standard InChI is InChI=1S/C17H19ClFN/c18-15-9-10-17(19)14(11-15)12-16(20)8-4-7-13-5-2-1-3-6-13/h1-3,5-6,9-11,16H,4,7-8,12,20H2. The smallest absolute Gasteiger partial charge is 0.126 e.